The maximum atomic E-state index is 14.3. The molecule has 0 aliphatic heterocycles. The van der Waals surface area contributed by atoms with Crippen LogP contribution in [0.5, 0.6) is 0 Å². The van der Waals surface area contributed by atoms with Crippen molar-refractivity contribution in [1.82, 2.24) is 4.98 Å². The van der Waals surface area contributed by atoms with E-state index in [9.17, 15) is 9.18 Å². The highest BCUT2D eigenvalue weighted by atomic mass is 79.9. The van der Waals surface area contributed by atoms with Gasteiger partial charge in [-0.1, -0.05) is 22.0 Å². The Morgan fingerprint density at radius 3 is 2.63 bits per heavy atom. The van der Waals surface area contributed by atoms with Crippen molar-refractivity contribution < 1.29 is 4.39 Å². The van der Waals surface area contributed by atoms with Gasteiger partial charge in [-0.2, -0.15) is 5.26 Å². The van der Waals surface area contributed by atoms with Crippen molar-refractivity contribution >= 4 is 15.9 Å². The molecule has 1 aromatic carbocycles. The van der Waals surface area contributed by atoms with E-state index in [2.05, 4.69) is 20.9 Å². The van der Waals surface area contributed by atoms with E-state index in [0.29, 0.717) is 21.3 Å². The molecule has 3 nitrogen and oxygen atoms in total. The largest absolute Gasteiger partial charge is 0.325 e. The van der Waals surface area contributed by atoms with Crippen LogP contribution in [0, 0.1) is 31.0 Å². The first-order valence-electron chi connectivity index (χ1n) is 5.54. The maximum absolute atomic E-state index is 14.3. The van der Waals surface area contributed by atoms with Gasteiger partial charge in [0.05, 0.1) is 0 Å². The lowest BCUT2D eigenvalue weighted by atomic mass is 9.99. The van der Waals surface area contributed by atoms with Gasteiger partial charge in [-0.25, -0.2) is 4.39 Å². The van der Waals surface area contributed by atoms with Gasteiger partial charge in [0.15, 0.2) is 0 Å². The molecule has 0 saturated carbocycles. The van der Waals surface area contributed by atoms with Crippen LogP contribution >= 0.6 is 15.9 Å². The predicted octanol–water partition coefficient (Wildman–Crippen LogP) is 3.43. The van der Waals surface area contributed by atoms with Gasteiger partial charge in [0.25, 0.3) is 5.56 Å². The Kier molecular flexibility index (Phi) is 3.54. The second kappa shape index (κ2) is 4.98. The monoisotopic (exact) mass is 320 g/mol. The Labute approximate surface area is 117 Å². The van der Waals surface area contributed by atoms with Gasteiger partial charge in [0.1, 0.15) is 17.4 Å². The van der Waals surface area contributed by atoms with Crippen LogP contribution < -0.4 is 5.56 Å². The van der Waals surface area contributed by atoms with Crippen LogP contribution in [-0.2, 0) is 0 Å². The zero-order valence-corrected chi connectivity index (χ0v) is 11.9. The molecular formula is C14H10BrFN2O. The fourth-order valence-corrected chi connectivity index (χ4v) is 2.19. The standard InChI is InChI=1S/C14H10BrFN2O/c1-7-5-10(11(6-17)14(19)18-7)9-3-4-12(15)8(2)13(9)16/h3-5H,1-2H3,(H,18,19). The van der Waals surface area contributed by atoms with Gasteiger partial charge in [-0.3, -0.25) is 4.79 Å². The number of aromatic nitrogens is 1. The highest BCUT2D eigenvalue weighted by molar-refractivity contribution is 9.10. The zero-order chi connectivity index (χ0) is 14.2. The molecule has 2 rings (SSSR count). The predicted molar refractivity (Wildman–Crippen MR) is 74.3 cm³/mol. The number of nitrogens with one attached hydrogen (secondary N) is 1. The maximum Gasteiger partial charge on any atom is 0.266 e. The molecule has 1 aromatic heterocycles. The number of benzene rings is 1. The third-order valence-corrected chi connectivity index (χ3v) is 3.75. The Balaban J connectivity index is 2.84. The normalized spacial score (nSPS) is 10.3. The number of hydrogen-bond acceptors (Lipinski definition) is 2. The second-order valence-electron chi connectivity index (χ2n) is 4.22. The van der Waals surface area contributed by atoms with E-state index < -0.39 is 11.4 Å². The van der Waals surface area contributed by atoms with Crippen LogP contribution in [0.15, 0.2) is 27.5 Å². The first kappa shape index (κ1) is 13.5. The molecule has 5 heteroatoms. The fourth-order valence-electron chi connectivity index (χ4n) is 1.88. The van der Waals surface area contributed by atoms with E-state index in [4.69, 9.17) is 5.26 Å². The molecule has 0 aliphatic carbocycles. The summed E-state index contributed by atoms with van der Waals surface area (Å²) in [6.07, 6.45) is 0. The van der Waals surface area contributed by atoms with Gasteiger partial charge in [-0.15, -0.1) is 0 Å². The van der Waals surface area contributed by atoms with Crippen molar-refractivity contribution in [3.05, 3.63) is 55.7 Å². The summed E-state index contributed by atoms with van der Waals surface area (Å²) in [5.74, 6) is -0.434. The van der Waals surface area contributed by atoms with Gasteiger partial charge < -0.3 is 4.98 Å². The Hall–Kier alpha value is -1.93. The molecule has 1 N–H and O–H groups in total. The minimum Gasteiger partial charge on any atom is -0.325 e. The first-order valence-corrected chi connectivity index (χ1v) is 6.34. The number of nitrogens with zero attached hydrogens (tertiary/aromatic N) is 1. The number of halogens is 2. The van der Waals surface area contributed by atoms with Gasteiger partial charge >= 0.3 is 0 Å². The summed E-state index contributed by atoms with van der Waals surface area (Å²) in [4.78, 5) is 14.3. The first-order chi connectivity index (χ1) is 8.95. The molecule has 19 heavy (non-hydrogen) atoms. The van der Waals surface area contributed by atoms with E-state index in [-0.39, 0.29) is 11.1 Å². The molecule has 0 bridgehead atoms. The number of aromatic amines is 1. The van der Waals surface area contributed by atoms with Crippen molar-refractivity contribution in [2.24, 2.45) is 0 Å². The van der Waals surface area contributed by atoms with E-state index >= 15 is 0 Å². The topological polar surface area (TPSA) is 56.6 Å². The lowest BCUT2D eigenvalue weighted by molar-refractivity contribution is 0.621. The molecule has 0 atom stereocenters. The van der Waals surface area contributed by atoms with Crippen LogP contribution in [0.25, 0.3) is 11.1 Å². The molecule has 1 heterocycles. The highest BCUT2D eigenvalue weighted by Gasteiger charge is 2.16. The van der Waals surface area contributed by atoms with Gasteiger partial charge in [0.2, 0.25) is 0 Å². The summed E-state index contributed by atoms with van der Waals surface area (Å²) >= 11 is 3.24. The van der Waals surface area contributed by atoms with E-state index in [1.165, 1.54) is 0 Å². The number of aryl methyl sites for hydroxylation is 1. The second-order valence-corrected chi connectivity index (χ2v) is 5.07. The smallest absolute Gasteiger partial charge is 0.266 e. The third-order valence-electron chi connectivity index (χ3n) is 2.89. The quantitative estimate of drug-likeness (QED) is 0.875. The van der Waals surface area contributed by atoms with E-state index in [1.54, 1.807) is 32.0 Å². The van der Waals surface area contributed by atoms with Crippen LogP contribution in [-0.4, -0.2) is 4.98 Å². The SMILES string of the molecule is Cc1cc(-c2ccc(Br)c(C)c2F)c(C#N)c(=O)[nH]1. The van der Waals surface area contributed by atoms with E-state index in [0.717, 1.165) is 0 Å². The van der Waals surface area contributed by atoms with Crippen molar-refractivity contribution in [2.45, 2.75) is 13.8 Å². The van der Waals surface area contributed by atoms with Crippen molar-refractivity contribution in [3.8, 4) is 17.2 Å². The molecule has 2 aromatic rings. The average Bonchev–Trinajstić information content (AvgIpc) is 2.35. The van der Waals surface area contributed by atoms with Gasteiger partial charge in [0, 0.05) is 21.3 Å². The number of hydrogen-bond donors (Lipinski definition) is 1. The van der Waals surface area contributed by atoms with Crippen LogP contribution in [0.2, 0.25) is 0 Å². The summed E-state index contributed by atoms with van der Waals surface area (Å²) in [5, 5.41) is 9.06. The number of H-pyrrole nitrogens is 1. The number of nitriles is 1. The molecule has 0 spiro atoms. The van der Waals surface area contributed by atoms with Crippen molar-refractivity contribution in [3.63, 3.8) is 0 Å². The summed E-state index contributed by atoms with van der Waals surface area (Å²) in [6, 6.07) is 6.69. The minimum absolute atomic E-state index is 0.0776. The number of rotatable bonds is 1. The third kappa shape index (κ3) is 2.32. The highest BCUT2D eigenvalue weighted by Crippen LogP contribution is 2.30. The fraction of sp³-hybridized carbons (Fsp3) is 0.143. The van der Waals surface area contributed by atoms with Crippen molar-refractivity contribution in [2.75, 3.05) is 0 Å². The molecule has 96 valence electrons. The minimum atomic E-state index is -0.502. The summed E-state index contributed by atoms with van der Waals surface area (Å²) in [5.41, 5.74) is 1.02. The Bertz CT molecular complexity index is 759. The van der Waals surface area contributed by atoms with Crippen LogP contribution in [0.4, 0.5) is 4.39 Å². The summed E-state index contributed by atoms with van der Waals surface area (Å²) in [7, 11) is 0. The van der Waals surface area contributed by atoms with E-state index in [1.807, 2.05) is 6.07 Å². The zero-order valence-electron chi connectivity index (χ0n) is 10.3. The number of pyridine rings is 1. The molecular weight excluding hydrogens is 311 g/mol. The van der Waals surface area contributed by atoms with Crippen molar-refractivity contribution in [1.29, 1.82) is 5.26 Å². The van der Waals surface area contributed by atoms with Crippen LogP contribution in [0.3, 0.4) is 0 Å². The lowest BCUT2D eigenvalue weighted by Crippen LogP contribution is -2.13. The van der Waals surface area contributed by atoms with Gasteiger partial charge in [-0.05, 0) is 31.5 Å². The summed E-state index contributed by atoms with van der Waals surface area (Å²) in [6.45, 7) is 3.32. The molecule has 0 unspecified atom stereocenters. The summed E-state index contributed by atoms with van der Waals surface area (Å²) < 4.78 is 14.9. The molecule has 0 saturated heterocycles. The molecule has 0 amide bonds. The lowest BCUT2D eigenvalue weighted by Gasteiger charge is -2.09. The van der Waals surface area contributed by atoms with Crippen LogP contribution in [0.1, 0.15) is 16.8 Å². The Morgan fingerprint density at radius 2 is 2.00 bits per heavy atom. The molecule has 0 fully saturated rings. The molecule has 0 radical (unpaired) electrons. The molecule has 0 aliphatic rings. The Morgan fingerprint density at radius 1 is 1.32 bits per heavy atom. The average molecular weight is 321 g/mol.